The Balaban J connectivity index is 1.76. The third-order valence-electron chi connectivity index (χ3n) is 4.14. The minimum Gasteiger partial charge on any atom is -0.369 e. The summed E-state index contributed by atoms with van der Waals surface area (Å²) in [6.45, 7) is 2.66. The van der Waals surface area contributed by atoms with Gasteiger partial charge in [-0.3, -0.25) is 9.78 Å². The predicted molar refractivity (Wildman–Crippen MR) is 107 cm³/mol. The van der Waals surface area contributed by atoms with Crippen molar-refractivity contribution in [3.8, 4) is 0 Å². The van der Waals surface area contributed by atoms with Gasteiger partial charge in [-0.25, -0.2) is 0 Å². The quantitative estimate of drug-likeness (QED) is 0.697. The molecule has 26 heavy (non-hydrogen) atoms. The van der Waals surface area contributed by atoms with Crippen LogP contribution in [-0.2, 0) is 6.54 Å². The number of nitrogens with zero attached hydrogens (tertiary/aromatic N) is 2. The van der Waals surface area contributed by atoms with Crippen molar-refractivity contribution in [1.82, 2.24) is 4.98 Å². The molecule has 0 unspecified atom stereocenters. The zero-order valence-electron chi connectivity index (χ0n) is 14.7. The third-order valence-corrected chi connectivity index (χ3v) is 4.37. The first kappa shape index (κ1) is 18.0. The monoisotopic (exact) mass is 365 g/mol. The highest BCUT2D eigenvalue weighted by atomic mass is 35.5. The van der Waals surface area contributed by atoms with Crippen LogP contribution in [0.3, 0.4) is 0 Å². The number of pyridine rings is 1. The molecule has 0 bridgehead atoms. The van der Waals surface area contributed by atoms with E-state index in [4.69, 9.17) is 11.6 Å². The maximum atomic E-state index is 12.6. The largest absolute Gasteiger partial charge is 0.369 e. The summed E-state index contributed by atoms with van der Waals surface area (Å²) in [5, 5.41) is 3.48. The second kappa shape index (κ2) is 8.02. The normalized spacial score (nSPS) is 10.4. The fraction of sp³-hybridized carbons (Fsp3) is 0.143. The number of benzene rings is 2. The molecule has 3 aromatic rings. The smallest absolute Gasteiger partial charge is 0.257 e. The second-order valence-corrected chi connectivity index (χ2v) is 6.62. The molecule has 3 rings (SSSR count). The summed E-state index contributed by atoms with van der Waals surface area (Å²) >= 11 is 6.02. The van der Waals surface area contributed by atoms with Gasteiger partial charge in [-0.15, -0.1) is 0 Å². The lowest BCUT2D eigenvalue weighted by molar-refractivity contribution is 0.102. The van der Waals surface area contributed by atoms with Crippen LogP contribution < -0.4 is 10.2 Å². The van der Waals surface area contributed by atoms with Crippen molar-refractivity contribution in [3.63, 3.8) is 0 Å². The molecule has 1 aromatic heterocycles. The van der Waals surface area contributed by atoms with E-state index >= 15 is 0 Å². The molecule has 0 aliphatic heterocycles. The van der Waals surface area contributed by atoms with Crippen molar-refractivity contribution < 1.29 is 4.79 Å². The molecule has 0 fully saturated rings. The van der Waals surface area contributed by atoms with Crippen LogP contribution in [0.25, 0.3) is 0 Å². The molecular formula is C21H20ClN3O. The van der Waals surface area contributed by atoms with E-state index in [0.29, 0.717) is 16.3 Å². The van der Waals surface area contributed by atoms with Crippen molar-refractivity contribution in [2.24, 2.45) is 0 Å². The van der Waals surface area contributed by atoms with E-state index in [2.05, 4.69) is 27.3 Å². The maximum absolute atomic E-state index is 12.6. The number of nitrogens with one attached hydrogen (secondary N) is 1. The molecule has 2 aromatic carbocycles. The molecule has 0 radical (unpaired) electrons. The Hall–Kier alpha value is -2.85. The Labute approximate surface area is 158 Å². The van der Waals surface area contributed by atoms with Crippen molar-refractivity contribution in [3.05, 3.63) is 88.7 Å². The molecule has 0 saturated heterocycles. The van der Waals surface area contributed by atoms with E-state index in [1.165, 1.54) is 5.56 Å². The lowest BCUT2D eigenvalue weighted by Gasteiger charge is -2.19. The van der Waals surface area contributed by atoms with E-state index in [0.717, 1.165) is 17.8 Å². The lowest BCUT2D eigenvalue weighted by atomic mass is 10.1. The van der Waals surface area contributed by atoms with Crippen molar-refractivity contribution in [1.29, 1.82) is 0 Å². The summed E-state index contributed by atoms with van der Waals surface area (Å²) in [4.78, 5) is 18.9. The first-order valence-electron chi connectivity index (χ1n) is 8.30. The molecular weight excluding hydrogens is 346 g/mol. The number of carbonyl (C=O) groups is 1. The van der Waals surface area contributed by atoms with Crippen molar-refractivity contribution in [2.45, 2.75) is 13.5 Å². The first-order chi connectivity index (χ1) is 12.5. The highest BCUT2D eigenvalue weighted by molar-refractivity contribution is 6.31. The molecule has 132 valence electrons. The van der Waals surface area contributed by atoms with Crippen LogP contribution in [0.5, 0.6) is 0 Å². The SMILES string of the molecule is Cc1ccc(Cl)cc1NC(=O)c1cncc(N(C)Cc2ccccc2)c1. The number of hydrogen-bond acceptors (Lipinski definition) is 3. The number of anilines is 2. The van der Waals surface area contributed by atoms with Gasteiger partial charge in [0.2, 0.25) is 0 Å². The van der Waals surface area contributed by atoms with Gasteiger partial charge in [0.05, 0.1) is 17.4 Å². The predicted octanol–water partition coefficient (Wildman–Crippen LogP) is 4.93. The van der Waals surface area contributed by atoms with E-state index < -0.39 is 0 Å². The Morgan fingerprint density at radius 1 is 1.12 bits per heavy atom. The van der Waals surface area contributed by atoms with Crippen LogP contribution in [0.4, 0.5) is 11.4 Å². The first-order valence-corrected chi connectivity index (χ1v) is 8.68. The molecule has 5 heteroatoms. The summed E-state index contributed by atoms with van der Waals surface area (Å²) < 4.78 is 0. The van der Waals surface area contributed by atoms with Crippen LogP contribution in [0, 0.1) is 6.92 Å². The molecule has 1 amide bonds. The zero-order chi connectivity index (χ0) is 18.5. The summed E-state index contributed by atoms with van der Waals surface area (Å²) in [5.74, 6) is -0.210. The minimum atomic E-state index is -0.210. The number of halogens is 1. The molecule has 0 aliphatic carbocycles. The standard InChI is InChI=1S/C21H20ClN3O/c1-15-8-9-18(22)11-20(15)24-21(26)17-10-19(13-23-12-17)25(2)14-16-6-4-3-5-7-16/h3-13H,14H2,1-2H3,(H,24,26). The van der Waals surface area contributed by atoms with Gasteiger partial charge >= 0.3 is 0 Å². The van der Waals surface area contributed by atoms with Crippen LogP contribution in [0.15, 0.2) is 67.0 Å². The van der Waals surface area contributed by atoms with Crippen LogP contribution >= 0.6 is 11.6 Å². The molecule has 0 aliphatic rings. The number of amides is 1. The highest BCUT2D eigenvalue weighted by Gasteiger charge is 2.11. The number of hydrogen-bond donors (Lipinski definition) is 1. The number of rotatable bonds is 5. The fourth-order valence-corrected chi connectivity index (χ4v) is 2.80. The summed E-state index contributed by atoms with van der Waals surface area (Å²) in [7, 11) is 1.98. The molecule has 0 spiro atoms. The molecule has 1 heterocycles. The van der Waals surface area contributed by atoms with Gasteiger partial charge < -0.3 is 10.2 Å². The van der Waals surface area contributed by atoms with Crippen molar-refractivity contribution >= 4 is 28.9 Å². The summed E-state index contributed by atoms with van der Waals surface area (Å²) in [6.07, 6.45) is 3.32. The zero-order valence-corrected chi connectivity index (χ0v) is 15.5. The molecule has 4 nitrogen and oxygen atoms in total. The molecule has 0 atom stereocenters. The Morgan fingerprint density at radius 2 is 1.88 bits per heavy atom. The Kier molecular flexibility index (Phi) is 5.54. The number of carbonyl (C=O) groups excluding carboxylic acids is 1. The third kappa shape index (κ3) is 4.41. The van der Waals surface area contributed by atoms with Gasteiger partial charge in [0.25, 0.3) is 5.91 Å². The van der Waals surface area contributed by atoms with Crippen LogP contribution in [0.1, 0.15) is 21.5 Å². The van der Waals surface area contributed by atoms with E-state index in [1.54, 1.807) is 24.5 Å². The van der Waals surface area contributed by atoms with E-state index in [9.17, 15) is 4.79 Å². The topological polar surface area (TPSA) is 45.2 Å². The molecule has 1 N–H and O–H groups in total. The van der Waals surface area contributed by atoms with E-state index in [-0.39, 0.29) is 5.91 Å². The Morgan fingerprint density at radius 3 is 2.65 bits per heavy atom. The highest BCUT2D eigenvalue weighted by Crippen LogP contribution is 2.22. The van der Waals surface area contributed by atoms with Gasteiger partial charge in [-0.05, 0) is 36.2 Å². The van der Waals surface area contributed by atoms with Gasteiger partial charge in [0, 0.05) is 30.5 Å². The average molecular weight is 366 g/mol. The minimum absolute atomic E-state index is 0.210. The molecule has 0 saturated carbocycles. The van der Waals surface area contributed by atoms with Gasteiger partial charge in [0.15, 0.2) is 0 Å². The average Bonchev–Trinajstić information content (AvgIpc) is 2.65. The Bertz CT molecular complexity index is 912. The van der Waals surface area contributed by atoms with Gasteiger partial charge in [0.1, 0.15) is 0 Å². The van der Waals surface area contributed by atoms with E-state index in [1.807, 2.05) is 44.3 Å². The number of aryl methyl sites for hydroxylation is 1. The van der Waals surface area contributed by atoms with Crippen LogP contribution in [-0.4, -0.2) is 17.9 Å². The number of aromatic nitrogens is 1. The fourth-order valence-electron chi connectivity index (χ4n) is 2.63. The summed E-state index contributed by atoms with van der Waals surface area (Å²) in [6, 6.07) is 17.4. The van der Waals surface area contributed by atoms with Gasteiger partial charge in [-0.1, -0.05) is 48.0 Å². The summed E-state index contributed by atoms with van der Waals surface area (Å²) in [5.41, 5.74) is 4.23. The van der Waals surface area contributed by atoms with Crippen LogP contribution in [0.2, 0.25) is 5.02 Å². The maximum Gasteiger partial charge on any atom is 0.257 e. The van der Waals surface area contributed by atoms with Gasteiger partial charge in [-0.2, -0.15) is 0 Å². The van der Waals surface area contributed by atoms with Crippen molar-refractivity contribution in [2.75, 3.05) is 17.3 Å². The second-order valence-electron chi connectivity index (χ2n) is 6.19. The lowest BCUT2D eigenvalue weighted by Crippen LogP contribution is -2.18.